The molecule has 2 N–H and O–H groups in total. The highest BCUT2D eigenvalue weighted by Crippen LogP contribution is 2.20. The van der Waals surface area contributed by atoms with E-state index in [2.05, 4.69) is 16.2 Å². The molecule has 0 aromatic rings. The van der Waals surface area contributed by atoms with Crippen LogP contribution < -0.4 is 5.73 Å². The van der Waals surface area contributed by atoms with Gasteiger partial charge in [0.05, 0.1) is 6.10 Å². The quantitative estimate of drug-likeness (QED) is 0.659. The van der Waals surface area contributed by atoms with Crippen LogP contribution in [0.3, 0.4) is 0 Å². The molecule has 0 heterocycles. The maximum absolute atomic E-state index is 5.91. The Bertz CT molecular complexity index is 111. The molecule has 11 heavy (non-hydrogen) atoms. The van der Waals surface area contributed by atoms with Crippen molar-refractivity contribution in [1.82, 2.24) is 0 Å². The fraction of sp³-hybridized carbons (Fsp3) is 1.00. The minimum atomic E-state index is -0.128. The fourth-order valence-electron chi connectivity index (χ4n) is 0.758. The number of methoxy groups -OCH3 is 1. The van der Waals surface area contributed by atoms with Crippen molar-refractivity contribution in [3.05, 3.63) is 0 Å². The summed E-state index contributed by atoms with van der Waals surface area (Å²) in [5.74, 6) is 0. The normalized spacial score (nSPS) is 18.0. The second-order valence-electron chi connectivity index (χ2n) is 3.71. The molecular weight excluding hydrogens is 157 g/mol. The van der Waals surface area contributed by atoms with E-state index < -0.39 is 0 Å². The van der Waals surface area contributed by atoms with Gasteiger partial charge in [-0.3, -0.25) is 0 Å². The standard InChI is InChI=1S/C8H20NOP/c1-6(10-4)5-7(11)8(2,3)9/h6-7H,5,9,11H2,1-4H3. The van der Waals surface area contributed by atoms with Crippen LogP contribution in [0.2, 0.25) is 0 Å². The molecule has 0 aromatic carbocycles. The van der Waals surface area contributed by atoms with E-state index in [4.69, 9.17) is 10.5 Å². The van der Waals surface area contributed by atoms with Crippen molar-refractivity contribution < 1.29 is 4.74 Å². The molecule has 0 fully saturated rings. The molecule has 3 heteroatoms. The Morgan fingerprint density at radius 1 is 1.55 bits per heavy atom. The van der Waals surface area contributed by atoms with Gasteiger partial charge in [-0.25, -0.2) is 0 Å². The molecule has 0 spiro atoms. The molecule has 68 valence electrons. The van der Waals surface area contributed by atoms with E-state index in [1.165, 1.54) is 0 Å². The van der Waals surface area contributed by atoms with Gasteiger partial charge in [0.1, 0.15) is 0 Å². The van der Waals surface area contributed by atoms with Crippen LogP contribution in [0.15, 0.2) is 0 Å². The smallest absolute Gasteiger partial charge is 0.0549 e. The maximum atomic E-state index is 5.91. The molecule has 0 saturated carbocycles. The highest BCUT2D eigenvalue weighted by atomic mass is 31.0. The van der Waals surface area contributed by atoms with Gasteiger partial charge in [0.15, 0.2) is 0 Å². The van der Waals surface area contributed by atoms with Gasteiger partial charge in [-0.1, -0.05) is 0 Å². The van der Waals surface area contributed by atoms with Gasteiger partial charge in [-0.05, 0) is 32.9 Å². The Hall–Kier alpha value is 0.350. The van der Waals surface area contributed by atoms with Gasteiger partial charge in [-0.2, -0.15) is 0 Å². The van der Waals surface area contributed by atoms with E-state index in [1.54, 1.807) is 7.11 Å². The number of hydrogen-bond acceptors (Lipinski definition) is 2. The van der Waals surface area contributed by atoms with Gasteiger partial charge in [0.25, 0.3) is 0 Å². The summed E-state index contributed by atoms with van der Waals surface area (Å²) in [5, 5.41) is 0. The first kappa shape index (κ1) is 11.4. The van der Waals surface area contributed by atoms with Crippen molar-refractivity contribution in [2.45, 2.75) is 44.5 Å². The average molecular weight is 177 g/mol. The van der Waals surface area contributed by atoms with E-state index in [1.807, 2.05) is 13.8 Å². The first-order valence-corrected chi connectivity index (χ1v) is 4.62. The number of rotatable bonds is 4. The average Bonchev–Trinajstić information content (AvgIpc) is 1.85. The molecule has 0 rings (SSSR count). The largest absolute Gasteiger partial charge is 0.382 e. The summed E-state index contributed by atoms with van der Waals surface area (Å²) in [6.07, 6.45) is 1.28. The Morgan fingerprint density at radius 2 is 2.00 bits per heavy atom. The minimum Gasteiger partial charge on any atom is -0.382 e. The Kier molecular flexibility index (Phi) is 4.53. The summed E-state index contributed by atoms with van der Waals surface area (Å²) in [4.78, 5) is 0. The van der Waals surface area contributed by atoms with Gasteiger partial charge in [-0.15, -0.1) is 9.24 Å². The van der Waals surface area contributed by atoms with E-state index >= 15 is 0 Å². The molecule has 0 aliphatic carbocycles. The summed E-state index contributed by atoms with van der Waals surface area (Å²) in [7, 11) is 4.50. The summed E-state index contributed by atoms with van der Waals surface area (Å²) < 4.78 is 5.15. The maximum Gasteiger partial charge on any atom is 0.0549 e. The third kappa shape index (κ3) is 4.73. The number of nitrogens with two attached hydrogens (primary N) is 1. The fourth-order valence-corrected chi connectivity index (χ4v) is 1.14. The van der Waals surface area contributed by atoms with Crippen molar-refractivity contribution in [3.63, 3.8) is 0 Å². The molecule has 0 bridgehead atoms. The van der Waals surface area contributed by atoms with Crippen molar-refractivity contribution in [1.29, 1.82) is 0 Å². The monoisotopic (exact) mass is 177 g/mol. The lowest BCUT2D eigenvalue weighted by atomic mass is 9.97. The molecular formula is C8H20NOP. The molecule has 3 atom stereocenters. The van der Waals surface area contributed by atoms with Crippen LogP contribution in [0.4, 0.5) is 0 Å². The third-order valence-corrected chi connectivity index (χ3v) is 3.08. The molecule has 2 nitrogen and oxygen atoms in total. The second kappa shape index (κ2) is 4.39. The molecule has 0 aliphatic heterocycles. The SMILES string of the molecule is COC(C)CC(P)C(C)(C)N. The van der Waals surface area contributed by atoms with Crippen LogP contribution in [0, 0.1) is 0 Å². The van der Waals surface area contributed by atoms with E-state index in [0.717, 1.165) is 6.42 Å². The van der Waals surface area contributed by atoms with Crippen LogP contribution in [-0.2, 0) is 4.74 Å². The van der Waals surface area contributed by atoms with Crippen LogP contribution in [0.5, 0.6) is 0 Å². The molecule has 0 radical (unpaired) electrons. The van der Waals surface area contributed by atoms with Gasteiger partial charge in [0.2, 0.25) is 0 Å². The Balaban J connectivity index is 3.77. The second-order valence-corrected chi connectivity index (χ2v) is 4.51. The first-order chi connectivity index (χ1) is 4.88. The lowest BCUT2D eigenvalue weighted by molar-refractivity contribution is 0.106. The topological polar surface area (TPSA) is 35.2 Å². The van der Waals surface area contributed by atoms with Crippen LogP contribution in [0.1, 0.15) is 27.2 Å². The number of ether oxygens (including phenoxy) is 1. The summed E-state index contributed by atoms with van der Waals surface area (Å²) in [6.45, 7) is 6.13. The van der Waals surface area contributed by atoms with E-state index in [9.17, 15) is 0 Å². The molecule has 0 amide bonds. The van der Waals surface area contributed by atoms with Crippen molar-refractivity contribution in [2.24, 2.45) is 5.73 Å². The molecule has 0 saturated heterocycles. The Morgan fingerprint density at radius 3 is 2.27 bits per heavy atom. The number of hydrogen-bond donors (Lipinski definition) is 1. The zero-order valence-electron chi connectivity index (χ0n) is 7.92. The molecule has 3 unspecified atom stereocenters. The van der Waals surface area contributed by atoms with Gasteiger partial charge >= 0.3 is 0 Å². The van der Waals surface area contributed by atoms with Crippen molar-refractivity contribution in [3.8, 4) is 0 Å². The first-order valence-electron chi connectivity index (χ1n) is 3.95. The Labute approximate surface area is 72.1 Å². The summed E-state index contributed by atoms with van der Waals surface area (Å²) in [5.41, 5.74) is 6.19. The van der Waals surface area contributed by atoms with Crippen LogP contribution >= 0.6 is 9.24 Å². The lowest BCUT2D eigenvalue weighted by Crippen LogP contribution is -2.43. The lowest BCUT2D eigenvalue weighted by Gasteiger charge is -2.28. The van der Waals surface area contributed by atoms with Gasteiger partial charge in [0, 0.05) is 12.6 Å². The van der Waals surface area contributed by atoms with E-state index in [0.29, 0.717) is 11.8 Å². The molecule has 0 aromatic heterocycles. The minimum absolute atomic E-state index is 0.128. The van der Waals surface area contributed by atoms with Crippen LogP contribution in [0.25, 0.3) is 0 Å². The molecule has 0 aliphatic rings. The summed E-state index contributed by atoms with van der Waals surface area (Å²) in [6, 6.07) is 0. The zero-order chi connectivity index (χ0) is 9.07. The zero-order valence-corrected chi connectivity index (χ0v) is 9.08. The highest BCUT2D eigenvalue weighted by Gasteiger charge is 2.22. The predicted octanol–water partition coefficient (Wildman–Crippen LogP) is 1.39. The summed E-state index contributed by atoms with van der Waals surface area (Å²) >= 11 is 0. The van der Waals surface area contributed by atoms with Gasteiger partial charge < -0.3 is 10.5 Å². The third-order valence-electron chi connectivity index (χ3n) is 1.94. The van der Waals surface area contributed by atoms with Crippen molar-refractivity contribution in [2.75, 3.05) is 7.11 Å². The van der Waals surface area contributed by atoms with Crippen molar-refractivity contribution >= 4 is 9.24 Å². The predicted molar refractivity (Wildman–Crippen MR) is 52.9 cm³/mol. The highest BCUT2D eigenvalue weighted by molar-refractivity contribution is 7.17. The van der Waals surface area contributed by atoms with Crippen LogP contribution in [-0.4, -0.2) is 24.4 Å². The van der Waals surface area contributed by atoms with E-state index in [-0.39, 0.29) is 5.54 Å².